The van der Waals surface area contributed by atoms with Gasteiger partial charge in [0.1, 0.15) is 29.4 Å². The summed E-state index contributed by atoms with van der Waals surface area (Å²) in [4.78, 5) is 27.5. The molecule has 2 saturated heterocycles. The van der Waals surface area contributed by atoms with Crippen LogP contribution in [0.2, 0.25) is 0 Å². The molecule has 0 spiro atoms. The highest BCUT2D eigenvalue weighted by Gasteiger charge is 2.46. The summed E-state index contributed by atoms with van der Waals surface area (Å²) in [5.74, 6) is 0.534. The van der Waals surface area contributed by atoms with Gasteiger partial charge in [-0.15, -0.1) is 10.2 Å². The van der Waals surface area contributed by atoms with Crippen LogP contribution in [0.3, 0.4) is 0 Å². The maximum atomic E-state index is 13.2. The van der Waals surface area contributed by atoms with Crippen molar-refractivity contribution in [1.29, 1.82) is 0 Å². The quantitative estimate of drug-likeness (QED) is 0.225. The van der Waals surface area contributed by atoms with Crippen LogP contribution in [-0.2, 0) is 14.6 Å². The van der Waals surface area contributed by atoms with Crippen molar-refractivity contribution >= 4 is 27.2 Å². The first-order chi connectivity index (χ1) is 22.2. The maximum absolute atomic E-state index is 13.2. The molecule has 2 aliphatic rings. The van der Waals surface area contributed by atoms with E-state index in [1.807, 2.05) is 41.3 Å². The highest BCUT2D eigenvalue weighted by molar-refractivity contribution is 7.91. The summed E-state index contributed by atoms with van der Waals surface area (Å²) in [7, 11) is -2.14. The van der Waals surface area contributed by atoms with Crippen molar-refractivity contribution in [3.8, 4) is 28.1 Å². The molecule has 0 saturated carbocycles. The van der Waals surface area contributed by atoms with E-state index in [9.17, 15) is 13.2 Å². The fraction of sp³-hybridized carbons (Fsp3) is 0.355. The van der Waals surface area contributed by atoms with Gasteiger partial charge in [0.25, 0.3) is 5.91 Å². The number of sulfone groups is 1. The lowest BCUT2D eigenvalue weighted by Gasteiger charge is -2.38. The molecule has 1 amide bonds. The second kappa shape index (κ2) is 11.8. The Morgan fingerprint density at radius 1 is 1.04 bits per heavy atom. The molecule has 46 heavy (non-hydrogen) atoms. The number of hydrogen-bond donors (Lipinski definition) is 2. The Hall–Kier alpha value is -4.89. The molecule has 5 aromatic rings. The molecule has 4 aromatic heterocycles. The number of fused-ring (bicyclic) bond motifs is 3. The molecule has 7 rings (SSSR count). The highest BCUT2D eigenvalue weighted by atomic mass is 32.2. The molecule has 0 aliphatic carbocycles. The topological polar surface area (TPSA) is 184 Å². The number of carbonyl (C=O) groups excluding carboxylic acids is 1. The van der Waals surface area contributed by atoms with Crippen molar-refractivity contribution in [1.82, 2.24) is 39.7 Å². The SMILES string of the molecule is COCCOc1ccc(-c2ccc(-c3cnn4c(N)c(S(C)(=O)=O)c([C@@H]5C[C@H]6CC[C@@H](C5)N6C(=O)c5nnc[nH]5)nc34)cn2)cc1. The highest BCUT2D eigenvalue weighted by Crippen LogP contribution is 2.45. The summed E-state index contributed by atoms with van der Waals surface area (Å²) in [5, 5.41) is 12.1. The van der Waals surface area contributed by atoms with Crippen LogP contribution in [0.4, 0.5) is 5.82 Å². The van der Waals surface area contributed by atoms with Gasteiger partial charge in [-0.25, -0.2) is 13.4 Å². The minimum atomic E-state index is -3.77. The predicted molar refractivity (Wildman–Crippen MR) is 168 cm³/mol. The smallest absolute Gasteiger partial charge is 0.292 e. The average molecular weight is 644 g/mol. The normalized spacial score (nSPS) is 19.5. The molecule has 0 unspecified atom stereocenters. The van der Waals surface area contributed by atoms with Gasteiger partial charge >= 0.3 is 0 Å². The third-order valence-corrected chi connectivity index (χ3v) is 9.95. The number of nitrogens with two attached hydrogens (primary N) is 1. The number of rotatable bonds is 9. The number of piperidine rings is 1. The Balaban J connectivity index is 1.20. The third-order valence-electron chi connectivity index (χ3n) is 8.79. The standard InChI is InChI=1S/C31H33N9O5S/c1-44-11-12-45-23-8-3-18(4-9-23)25-10-5-19(15-33-25)24-16-36-40-28(32)27(46(2,42)43)26(37-30(24)40)20-13-21-6-7-22(14-20)39(21)31(41)29-34-17-35-38-29/h3-5,8-10,15-17,20-22H,6-7,11-14,32H2,1-2H3,(H,34,35,38)/t20-,21-,22+. The zero-order valence-corrected chi connectivity index (χ0v) is 26.1. The van der Waals surface area contributed by atoms with Gasteiger partial charge in [-0.1, -0.05) is 6.07 Å². The fourth-order valence-electron chi connectivity index (χ4n) is 6.73. The number of ether oxygens (including phenoxy) is 2. The Kier molecular flexibility index (Phi) is 7.64. The lowest BCUT2D eigenvalue weighted by molar-refractivity contribution is 0.0556. The van der Waals surface area contributed by atoms with Gasteiger partial charge < -0.3 is 25.1 Å². The molecular weight excluding hydrogens is 610 g/mol. The first-order valence-electron chi connectivity index (χ1n) is 15.0. The number of pyridine rings is 1. The summed E-state index contributed by atoms with van der Waals surface area (Å²) >= 11 is 0. The molecular formula is C31H33N9O5S. The zero-order valence-electron chi connectivity index (χ0n) is 25.3. The van der Waals surface area contributed by atoms with Crippen molar-refractivity contribution in [3.05, 3.63) is 66.6 Å². The number of benzene rings is 1. The van der Waals surface area contributed by atoms with Crippen LogP contribution in [0.1, 0.15) is 47.9 Å². The van der Waals surface area contributed by atoms with E-state index in [-0.39, 0.29) is 40.4 Å². The van der Waals surface area contributed by atoms with Crippen LogP contribution in [0.25, 0.3) is 28.0 Å². The largest absolute Gasteiger partial charge is 0.491 e. The van der Waals surface area contributed by atoms with Gasteiger partial charge in [0.2, 0.25) is 5.82 Å². The molecule has 2 bridgehead atoms. The number of nitrogens with zero attached hydrogens (tertiary/aromatic N) is 7. The molecule has 3 atom stereocenters. The van der Waals surface area contributed by atoms with E-state index in [2.05, 4.69) is 25.3 Å². The Morgan fingerprint density at radius 2 is 1.78 bits per heavy atom. The monoisotopic (exact) mass is 643 g/mol. The van der Waals surface area contributed by atoms with E-state index in [1.165, 1.54) is 10.8 Å². The van der Waals surface area contributed by atoms with Gasteiger partial charge in [0, 0.05) is 54.3 Å². The number of hydrogen-bond acceptors (Lipinski definition) is 11. The predicted octanol–water partition coefficient (Wildman–Crippen LogP) is 3.14. The number of anilines is 1. The van der Waals surface area contributed by atoms with Crippen molar-refractivity contribution in [2.45, 2.75) is 48.6 Å². The lowest BCUT2D eigenvalue weighted by Crippen LogP contribution is -2.46. The van der Waals surface area contributed by atoms with Gasteiger partial charge in [-0.3, -0.25) is 9.78 Å². The first kappa shape index (κ1) is 29.8. The van der Waals surface area contributed by atoms with Crippen molar-refractivity contribution in [2.75, 3.05) is 32.3 Å². The summed E-state index contributed by atoms with van der Waals surface area (Å²) in [6.45, 7) is 0.982. The van der Waals surface area contributed by atoms with E-state index < -0.39 is 9.84 Å². The van der Waals surface area contributed by atoms with Crippen molar-refractivity contribution in [2.24, 2.45) is 0 Å². The second-order valence-corrected chi connectivity index (χ2v) is 13.6. The van der Waals surface area contributed by atoms with Crippen molar-refractivity contribution < 1.29 is 22.7 Å². The van der Waals surface area contributed by atoms with Gasteiger partial charge in [0.05, 0.1) is 24.2 Å². The van der Waals surface area contributed by atoms with Crippen LogP contribution in [0, 0.1) is 0 Å². The molecule has 2 aliphatic heterocycles. The number of methoxy groups -OCH3 is 1. The fourth-order valence-corrected chi connectivity index (χ4v) is 7.79. The lowest BCUT2D eigenvalue weighted by atomic mass is 9.87. The zero-order chi connectivity index (χ0) is 32.0. The summed E-state index contributed by atoms with van der Waals surface area (Å²) in [5.41, 5.74) is 10.5. The van der Waals surface area contributed by atoms with Crippen LogP contribution in [0.15, 0.2) is 60.0 Å². The number of aromatic amines is 1. The minimum Gasteiger partial charge on any atom is -0.491 e. The maximum Gasteiger partial charge on any atom is 0.292 e. The Labute approximate surface area is 264 Å². The molecule has 14 nitrogen and oxygen atoms in total. The molecule has 1 aromatic carbocycles. The first-order valence-corrected chi connectivity index (χ1v) is 16.9. The molecule has 2 fully saturated rings. The van der Waals surface area contributed by atoms with Crippen LogP contribution in [-0.4, -0.2) is 92.7 Å². The van der Waals surface area contributed by atoms with E-state index in [1.54, 1.807) is 19.5 Å². The summed E-state index contributed by atoms with van der Waals surface area (Å²) in [6.07, 6.45) is 8.61. The number of H-pyrrole nitrogens is 1. The minimum absolute atomic E-state index is 0.0126. The van der Waals surface area contributed by atoms with Gasteiger partial charge in [0.15, 0.2) is 15.5 Å². The summed E-state index contributed by atoms with van der Waals surface area (Å²) < 4.78 is 38.3. The molecule has 3 N–H and O–H groups in total. The van der Waals surface area contributed by atoms with Crippen LogP contribution < -0.4 is 10.5 Å². The number of aromatic nitrogens is 7. The molecule has 6 heterocycles. The van der Waals surface area contributed by atoms with Gasteiger partial charge in [-0.05, 0) is 56.0 Å². The molecule has 15 heteroatoms. The van der Waals surface area contributed by atoms with Crippen LogP contribution >= 0.6 is 0 Å². The van der Waals surface area contributed by atoms with E-state index in [4.69, 9.17) is 20.2 Å². The Morgan fingerprint density at radius 3 is 2.41 bits per heavy atom. The van der Waals surface area contributed by atoms with E-state index >= 15 is 0 Å². The number of nitrogens with one attached hydrogen (secondary N) is 1. The van der Waals surface area contributed by atoms with Crippen LogP contribution in [0.5, 0.6) is 5.75 Å². The van der Waals surface area contributed by atoms with Gasteiger partial charge in [-0.2, -0.15) is 9.61 Å². The number of nitrogen functional groups attached to an aromatic ring is 1. The molecule has 0 radical (unpaired) electrons. The summed E-state index contributed by atoms with van der Waals surface area (Å²) in [6, 6.07) is 11.3. The third kappa shape index (κ3) is 5.34. The van der Waals surface area contributed by atoms with E-state index in [0.717, 1.165) is 41.7 Å². The van der Waals surface area contributed by atoms with E-state index in [0.29, 0.717) is 43.0 Å². The number of amides is 1. The Bertz CT molecular complexity index is 1980. The molecule has 238 valence electrons. The second-order valence-electron chi connectivity index (χ2n) is 11.7. The average Bonchev–Trinajstić information content (AvgIpc) is 3.79. The number of carbonyl (C=O) groups is 1. The van der Waals surface area contributed by atoms with Crippen molar-refractivity contribution in [3.63, 3.8) is 0 Å².